The molecule has 3 heterocycles. The van der Waals surface area contributed by atoms with Crippen molar-refractivity contribution in [3.05, 3.63) is 97.1 Å². The molecule has 15 amide bonds. The summed E-state index contributed by atoms with van der Waals surface area (Å²) in [7, 11) is 0. The maximum atomic E-state index is 14.6. The van der Waals surface area contributed by atoms with Crippen molar-refractivity contribution in [3.63, 3.8) is 0 Å². The minimum atomic E-state index is -1.09. The smallest absolute Gasteiger partial charge is 0.329 e. The van der Waals surface area contributed by atoms with Crippen molar-refractivity contribution in [1.82, 2.24) is 73.2 Å². The van der Waals surface area contributed by atoms with Gasteiger partial charge in [0.15, 0.2) is 0 Å². The number of esters is 3. The Kier molecular flexibility index (Phi) is 40.4. The number of urea groups is 3. The van der Waals surface area contributed by atoms with Crippen molar-refractivity contribution in [2.45, 2.75) is 370 Å². The van der Waals surface area contributed by atoms with E-state index in [9.17, 15) is 86.3 Å². The normalized spacial score (nSPS) is 24.2. The van der Waals surface area contributed by atoms with E-state index in [2.05, 4.69) is 99.3 Å². The van der Waals surface area contributed by atoms with Crippen molar-refractivity contribution in [2.75, 3.05) is 32.7 Å². The highest BCUT2D eigenvalue weighted by Crippen LogP contribution is 2.67. The van der Waals surface area contributed by atoms with E-state index < -0.39 is 178 Å². The minimum absolute atomic E-state index is 0.0558. The number of carbonyl (C=O) groups is 18. The third-order valence-corrected chi connectivity index (χ3v) is 33.1. The summed E-state index contributed by atoms with van der Waals surface area (Å²) in [6, 6.07) is 5.52. The van der Waals surface area contributed by atoms with Crippen LogP contribution in [0.5, 0.6) is 0 Å². The number of hydrogen-bond acceptors (Lipinski definition) is 21. The number of fused-ring (bicyclic) bond motifs is 3. The number of nitrogens with two attached hydrogens (primary N) is 1. The topological polar surface area (TPSA) is 503 Å². The summed E-state index contributed by atoms with van der Waals surface area (Å²) < 4.78 is 16.7. The van der Waals surface area contributed by atoms with Gasteiger partial charge in [0.25, 0.3) is 17.7 Å². The fourth-order valence-corrected chi connectivity index (χ4v) is 23.7. The summed E-state index contributed by atoms with van der Waals surface area (Å²) in [4.78, 5) is 247. The van der Waals surface area contributed by atoms with E-state index >= 15 is 0 Å². The van der Waals surface area contributed by atoms with Gasteiger partial charge in [0.05, 0.1) is 24.2 Å². The van der Waals surface area contributed by atoms with Gasteiger partial charge in [0, 0.05) is 32.7 Å². The first-order valence-electron chi connectivity index (χ1n) is 54.4. The van der Waals surface area contributed by atoms with Gasteiger partial charge in [-0.15, -0.1) is 13.2 Å². The van der Waals surface area contributed by atoms with Gasteiger partial charge in [-0.25, -0.2) is 28.8 Å². The molecular weight excluding hydrogens is 1890 g/mol. The number of rotatable bonds is 44. The molecule has 2 aromatic rings. The molecule has 36 nitrogen and oxygen atoms in total. The van der Waals surface area contributed by atoms with Crippen molar-refractivity contribution < 1.29 is 101 Å². The second-order valence-electron chi connectivity index (χ2n) is 47.3. The van der Waals surface area contributed by atoms with Crippen LogP contribution in [-0.4, -0.2) is 233 Å². The molecule has 0 bridgehead atoms. The first-order chi connectivity index (χ1) is 70.0. The van der Waals surface area contributed by atoms with E-state index in [1.54, 1.807) is 23.6 Å². The predicted molar refractivity (Wildman–Crippen MR) is 554 cm³/mol. The standard InChI is InChI=1S/C39H55N5O7.C37H53N5O7.C36H59N5O7/c1-39(2)27-21-44(32(29(27)39)35(47)41-28(20-23-18-19-23)33(45)34(40)46)36(48)30(25-14-8-4-9-15-25)42-38(50)43-31(26-16-10-5-11-17-26)37(49)51-22-24-12-6-3-7-13-24;1-8-14-25(29(43)32(45)38-19-9-2)39-31(44)28-26-24(37(26,6)7)20-42(28)33(46)30(36(3,4)5)41-35(48)40-27(23-17-13-18-23)34(47)49-21-22-15-11-10-12-16-22;1-10-12-18-24(28(42)31(44)37-19-11-2)38-30(43)27-25-23(36(25,8)9)20-41(27)32(45)26(22-16-14-13-15-17-22)39-34(47)40-29(35(5,6)7)33(46)48-21(3)4/h3,6-7,12-13,23,25-32H,4-5,8-11,14-22H2,1-2H3,(H2,40,46)(H,41,47)(H2,42,43,50);9-12,15-16,23-28,30H,2,8,13-14,17-21H2,1,3-7H3,(H,38,45)(H,39,44)(H2,40,41,48);11,21-27,29H,2,10,12-20H2,1,3-9H3,(H,37,44)(H,38,43)(H2,39,40,47)/t27-,28?,29-,30-,31-,32-;24-,25?,26-,27-,28-,30+;23-,24?,25-,26-,27-,29+/m000/s1. The molecule has 13 rings (SSSR count). The Morgan fingerprint density at radius 2 is 0.743 bits per heavy atom. The number of hydrogen-bond donors (Lipinski definition) is 12. The summed E-state index contributed by atoms with van der Waals surface area (Å²) >= 11 is 0. The Labute approximate surface area is 872 Å². The van der Waals surface area contributed by atoms with Crippen LogP contribution in [0.1, 0.15) is 289 Å². The number of nitrogens with one attached hydrogen (secondary N) is 11. The van der Waals surface area contributed by atoms with Gasteiger partial charge in [0.1, 0.15) is 67.6 Å². The number of benzene rings is 2. The molecule has 8 saturated carbocycles. The summed E-state index contributed by atoms with van der Waals surface area (Å²) in [6.45, 7) is 39.2. The van der Waals surface area contributed by atoms with Crippen LogP contribution in [0.15, 0.2) is 86.0 Å². The molecule has 13 N–H and O–H groups in total. The number of nitrogens with zero attached hydrogens (tertiary/aromatic N) is 3. The molecule has 3 saturated heterocycles. The van der Waals surface area contributed by atoms with E-state index in [1.165, 1.54) is 17.1 Å². The lowest BCUT2D eigenvalue weighted by Gasteiger charge is -2.38. The largest absolute Gasteiger partial charge is 0.461 e. The monoisotopic (exact) mass is 2060 g/mol. The Hall–Kier alpha value is -11.6. The molecule has 18 atom stereocenters. The lowest BCUT2D eigenvalue weighted by molar-refractivity contribution is -0.153. The van der Waals surface area contributed by atoms with Crippen LogP contribution < -0.4 is 64.2 Å². The molecule has 8 aliphatic carbocycles. The summed E-state index contributed by atoms with van der Waals surface area (Å²) in [5, 5.41) is 30.6. The maximum Gasteiger partial charge on any atom is 0.329 e. The van der Waals surface area contributed by atoms with E-state index in [4.69, 9.17) is 19.9 Å². The zero-order chi connectivity index (χ0) is 108. The number of Topliss-reactive ketones (excluding diaryl/α,β-unsaturated/α-hetero) is 3. The SMILES string of the molecule is C=CCNC(=O)C(=O)C(CCC)NC(=O)[C@@H]1[C@@H]2[C@H](CN1C(=O)[C@@H](NC(=O)N[C@H](C(=O)OCc1ccccc1)C1CCC1)C(C)(C)C)C2(C)C.C=CCNC(=O)C(=O)C(CCCC)NC(=O)[C@@H]1[C@@H]2[C@H](CN1C(=O)[C@@H](NC(=O)N[C@H](C(=O)OC(C)C)C(C)(C)C)C1CCCCC1)C2(C)C.CC1(C)[C@@H]2[C@@H](C(=O)NC(CC3CC3)C(=O)C(N)=O)N(C(=O)[C@@H](NC(=O)N[C@H](C(=O)OCc3ccccc3)C3CCCCC3)C3CCCCC3)C[C@@H]21. The summed E-state index contributed by atoms with van der Waals surface area (Å²) in [5.74, 6) is -9.51. The van der Waals surface area contributed by atoms with Gasteiger partial charge in [-0.1, -0.05) is 266 Å². The van der Waals surface area contributed by atoms with Crippen molar-refractivity contribution in [2.24, 2.45) is 97.9 Å². The molecule has 148 heavy (non-hydrogen) atoms. The third kappa shape index (κ3) is 29.6. The second-order valence-corrected chi connectivity index (χ2v) is 47.3. The molecule has 3 unspecified atom stereocenters. The number of amides is 15. The number of carbonyl (C=O) groups excluding carboxylic acids is 18. The number of likely N-dealkylation sites (tertiary alicyclic amines) is 3. The second kappa shape index (κ2) is 51.3. The van der Waals surface area contributed by atoms with Crippen molar-refractivity contribution in [3.8, 4) is 0 Å². The molecule has 0 aromatic heterocycles. The fourth-order valence-electron chi connectivity index (χ4n) is 23.7. The number of ether oxygens (including phenoxy) is 3. The van der Waals surface area contributed by atoms with Crippen LogP contribution in [0.4, 0.5) is 14.4 Å². The van der Waals surface area contributed by atoms with Crippen LogP contribution in [0.2, 0.25) is 0 Å². The molecule has 11 aliphatic rings. The number of ketones is 3. The van der Waals surface area contributed by atoms with Crippen LogP contribution >= 0.6 is 0 Å². The molecule has 0 spiro atoms. The average molecular weight is 2060 g/mol. The van der Waals surface area contributed by atoms with E-state index in [-0.39, 0.29) is 132 Å². The van der Waals surface area contributed by atoms with Crippen LogP contribution in [0.3, 0.4) is 0 Å². The first kappa shape index (κ1) is 117. The zero-order valence-electron chi connectivity index (χ0n) is 90.0. The molecule has 2 aromatic carbocycles. The lowest BCUT2D eigenvalue weighted by Crippen LogP contribution is -2.62. The van der Waals surface area contributed by atoms with E-state index in [0.717, 1.165) is 146 Å². The number of primary amides is 1. The average Bonchev–Trinajstić information content (AvgIpc) is 1.53. The lowest BCUT2D eigenvalue weighted by atomic mass is 9.79. The first-order valence-corrected chi connectivity index (χ1v) is 54.4. The van der Waals surface area contributed by atoms with Crippen LogP contribution in [-0.2, 0) is 99.3 Å². The molecule has 0 radical (unpaired) electrons. The zero-order valence-corrected chi connectivity index (χ0v) is 90.0. The molecule has 11 fully saturated rings. The highest BCUT2D eigenvalue weighted by Gasteiger charge is 2.73. The maximum absolute atomic E-state index is 14.6. The van der Waals surface area contributed by atoms with Crippen molar-refractivity contribution >= 4 is 107 Å². The van der Waals surface area contributed by atoms with E-state index in [1.807, 2.05) is 130 Å². The van der Waals surface area contributed by atoms with Gasteiger partial charge in [-0.3, -0.25) is 57.5 Å². The van der Waals surface area contributed by atoms with Gasteiger partial charge in [0.2, 0.25) is 52.8 Å². The van der Waals surface area contributed by atoms with Crippen LogP contribution in [0.25, 0.3) is 0 Å². The Bertz CT molecular complexity index is 5080. The number of unbranched alkanes of at least 4 members (excludes halogenated alkanes) is 1. The molecule has 36 heteroatoms. The summed E-state index contributed by atoms with van der Waals surface area (Å²) in [6.07, 6.45) is 23.1. The van der Waals surface area contributed by atoms with Gasteiger partial charge >= 0.3 is 36.0 Å². The highest BCUT2D eigenvalue weighted by atomic mass is 16.5. The Balaban J connectivity index is 0.000000211. The Morgan fingerprint density at radius 3 is 1.07 bits per heavy atom. The molecule has 3 aliphatic heterocycles. The minimum Gasteiger partial charge on any atom is -0.461 e. The Morgan fingerprint density at radius 1 is 0.405 bits per heavy atom. The molecule has 816 valence electrons. The summed E-state index contributed by atoms with van der Waals surface area (Å²) in [5.41, 5.74) is 5.03. The highest BCUT2D eigenvalue weighted by molar-refractivity contribution is 6.39. The van der Waals surface area contributed by atoms with Gasteiger partial charge < -0.3 is 93.1 Å². The predicted octanol–water partition coefficient (Wildman–Crippen LogP) is 10.6. The van der Waals surface area contributed by atoms with E-state index in [0.29, 0.717) is 45.3 Å². The number of piperidine rings is 3. The quantitative estimate of drug-likeness (QED) is 0.0127. The van der Waals surface area contributed by atoms with Gasteiger partial charge in [-0.05, 0) is 188 Å². The third-order valence-electron chi connectivity index (χ3n) is 33.1. The van der Waals surface area contributed by atoms with Crippen LogP contribution in [0, 0.1) is 92.2 Å². The molecular formula is C112H167N15O21. The fraction of sp³-hybridized carbons (Fsp3) is 0.696. The van der Waals surface area contributed by atoms with Crippen molar-refractivity contribution in [1.29, 1.82) is 0 Å². The van der Waals surface area contributed by atoms with Gasteiger partial charge in [-0.2, -0.15) is 0 Å².